The average Bonchev–Trinajstić information content (AvgIpc) is 2.69. The summed E-state index contributed by atoms with van der Waals surface area (Å²) in [6.45, 7) is 7.06. The van der Waals surface area contributed by atoms with E-state index in [1.165, 1.54) is 24.3 Å². The number of aromatic nitrogens is 2. The number of rotatable bonds is 7. The van der Waals surface area contributed by atoms with E-state index in [9.17, 15) is 13.2 Å². The van der Waals surface area contributed by atoms with Crippen LogP contribution in [0.4, 0.5) is 11.6 Å². The minimum absolute atomic E-state index is 0.0112. The van der Waals surface area contributed by atoms with Crippen molar-refractivity contribution in [3.05, 3.63) is 71.5 Å². The zero-order valence-corrected chi connectivity index (χ0v) is 18.5. The van der Waals surface area contributed by atoms with Crippen LogP contribution in [0.3, 0.4) is 0 Å². The molecule has 3 aromatic rings. The molecule has 8 nitrogen and oxygen atoms in total. The molecule has 0 aliphatic rings. The van der Waals surface area contributed by atoms with E-state index in [-0.39, 0.29) is 16.8 Å². The highest BCUT2D eigenvalue weighted by atomic mass is 32.2. The molecule has 2 N–H and O–H groups in total. The number of para-hydroxylation sites is 1. The highest BCUT2D eigenvalue weighted by Crippen LogP contribution is 2.20. The summed E-state index contributed by atoms with van der Waals surface area (Å²) < 4.78 is 33.3. The van der Waals surface area contributed by atoms with Crippen LogP contribution in [-0.2, 0) is 14.8 Å². The van der Waals surface area contributed by atoms with Crippen molar-refractivity contribution in [2.75, 3.05) is 10.0 Å². The third-order valence-corrected chi connectivity index (χ3v) is 5.75. The topological polar surface area (TPSA) is 110 Å². The van der Waals surface area contributed by atoms with Gasteiger partial charge in [0, 0.05) is 17.1 Å². The quantitative estimate of drug-likeness (QED) is 0.581. The number of carbonyl (C=O) groups is 1. The summed E-state index contributed by atoms with van der Waals surface area (Å²) in [5.74, 6) is 0.295. The Morgan fingerprint density at radius 1 is 0.968 bits per heavy atom. The maximum atomic E-state index is 12.6. The molecule has 1 unspecified atom stereocenters. The van der Waals surface area contributed by atoms with Gasteiger partial charge in [0.1, 0.15) is 5.75 Å². The van der Waals surface area contributed by atoms with Crippen LogP contribution in [0.1, 0.15) is 23.9 Å². The second kappa shape index (κ2) is 9.13. The number of amides is 1. The van der Waals surface area contributed by atoms with Gasteiger partial charge in [0.2, 0.25) is 5.95 Å². The van der Waals surface area contributed by atoms with E-state index >= 15 is 0 Å². The van der Waals surface area contributed by atoms with Crippen molar-refractivity contribution in [3.63, 3.8) is 0 Å². The molecule has 0 saturated heterocycles. The predicted octanol–water partition coefficient (Wildman–Crippen LogP) is 3.61. The molecule has 31 heavy (non-hydrogen) atoms. The number of sulfonamides is 1. The molecule has 0 spiro atoms. The number of carbonyl (C=O) groups excluding carboxylic acids is 1. The third kappa shape index (κ3) is 5.79. The average molecular weight is 441 g/mol. The van der Waals surface area contributed by atoms with Crippen molar-refractivity contribution in [1.82, 2.24) is 9.97 Å². The maximum Gasteiger partial charge on any atom is 0.265 e. The Labute approximate surface area is 181 Å². The third-order valence-electron chi connectivity index (χ3n) is 4.41. The molecule has 3 rings (SSSR count). The first kappa shape index (κ1) is 22.2. The number of anilines is 2. The molecule has 162 valence electrons. The lowest BCUT2D eigenvalue weighted by Crippen LogP contribution is -2.30. The van der Waals surface area contributed by atoms with E-state index in [0.717, 1.165) is 5.56 Å². The standard InChI is InChI=1S/C22H24N4O4S/c1-14-7-5-6-8-20(14)30-17(4)21(27)25-18-9-11-19(12-10-18)31(28,29)26-22-23-15(2)13-16(3)24-22/h5-13,17H,1-4H3,(H,25,27)(H,23,24,26). The highest BCUT2D eigenvalue weighted by Gasteiger charge is 2.18. The summed E-state index contributed by atoms with van der Waals surface area (Å²) in [6, 6.07) is 15.0. The van der Waals surface area contributed by atoms with Crippen LogP contribution >= 0.6 is 0 Å². The minimum Gasteiger partial charge on any atom is -0.481 e. The first-order chi connectivity index (χ1) is 14.6. The van der Waals surface area contributed by atoms with Gasteiger partial charge in [0.25, 0.3) is 15.9 Å². The second-order valence-electron chi connectivity index (χ2n) is 7.12. The van der Waals surface area contributed by atoms with Gasteiger partial charge < -0.3 is 10.1 Å². The number of hydrogen-bond donors (Lipinski definition) is 2. The van der Waals surface area contributed by atoms with Crippen LogP contribution in [0.5, 0.6) is 5.75 Å². The molecule has 1 amide bonds. The van der Waals surface area contributed by atoms with Gasteiger partial charge in [0.05, 0.1) is 4.90 Å². The smallest absolute Gasteiger partial charge is 0.265 e. The molecule has 0 aliphatic carbocycles. The van der Waals surface area contributed by atoms with E-state index in [2.05, 4.69) is 20.0 Å². The zero-order valence-electron chi connectivity index (χ0n) is 17.7. The molecule has 0 saturated carbocycles. The normalized spacial score (nSPS) is 12.1. The lowest BCUT2D eigenvalue weighted by Gasteiger charge is -2.16. The Hall–Kier alpha value is -3.46. The summed E-state index contributed by atoms with van der Waals surface area (Å²) in [5.41, 5.74) is 2.69. The van der Waals surface area contributed by atoms with Crippen LogP contribution in [-0.4, -0.2) is 30.4 Å². The minimum atomic E-state index is -3.87. The summed E-state index contributed by atoms with van der Waals surface area (Å²) in [6.07, 6.45) is -0.729. The van der Waals surface area contributed by atoms with Crippen LogP contribution < -0.4 is 14.8 Å². The number of ether oxygens (including phenoxy) is 1. The molecule has 0 fully saturated rings. The second-order valence-corrected chi connectivity index (χ2v) is 8.80. The number of benzene rings is 2. The maximum absolute atomic E-state index is 12.6. The van der Waals surface area contributed by atoms with Gasteiger partial charge in [-0.2, -0.15) is 0 Å². The van der Waals surface area contributed by atoms with Crippen LogP contribution in [0, 0.1) is 20.8 Å². The van der Waals surface area contributed by atoms with Crippen molar-refractivity contribution in [3.8, 4) is 5.75 Å². The van der Waals surface area contributed by atoms with Crippen molar-refractivity contribution in [1.29, 1.82) is 0 Å². The van der Waals surface area contributed by atoms with Gasteiger partial charge in [-0.15, -0.1) is 0 Å². The molecular formula is C22H24N4O4S. The fourth-order valence-corrected chi connectivity index (χ4v) is 3.79. The van der Waals surface area contributed by atoms with E-state index < -0.39 is 16.1 Å². The Balaban J connectivity index is 1.66. The SMILES string of the molecule is Cc1cc(C)nc(NS(=O)(=O)c2ccc(NC(=O)C(C)Oc3ccccc3C)cc2)n1. The van der Waals surface area contributed by atoms with E-state index in [0.29, 0.717) is 22.8 Å². The molecule has 1 aromatic heterocycles. The fraction of sp³-hybridized carbons (Fsp3) is 0.227. The van der Waals surface area contributed by atoms with Crippen LogP contribution in [0.15, 0.2) is 59.5 Å². The van der Waals surface area contributed by atoms with Gasteiger partial charge >= 0.3 is 0 Å². The lowest BCUT2D eigenvalue weighted by atomic mass is 10.2. The van der Waals surface area contributed by atoms with Crippen molar-refractivity contribution in [2.45, 2.75) is 38.7 Å². The Kier molecular flexibility index (Phi) is 6.55. The number of nitrogens with zero attached hydrogens (tertiary/aromatic N) is 2. The van der Waals surface area contributed by atoms with Gasteiger partial charge in [-0.05, 0) is 69.7 Å². The highest BCUT2D eigenvalue weighted by molar-refractivity contribution is 7.92. The van der Waals surface area contributed by atoms with Gasteiger partial charge in [-0.1, -0.05) is 18.2 Å². The van der Waals surface area contributed by atoms with Gasteiger partial charge in [-0.25, -0.2) is 23.1 Å². The van der Waals surface area contributed by atoms with E-state index in [4.69, 9.17) is 4.74 Å². The zero-order chi connectivity index (χ0) is 22.6. The van der Waals surface area contributed by atoms with Crippen molar-refractivity contribution in [2.24, 2.45) is 0 Å². The Morgan fingerprint density at radius 2 is 1.58 bits per heavy atom. The monoisotopic (exact) mass is 440 g/mol. The summed E-state index contributed by atoms with van der Waals surface area (Å²) >= 11 is 0. The molecule has 0 radical (unpaired) electrons. The fourth-order valence-electron chi connectivity index (χ4n) is 2.84. The summed E-state index contributed by atoms with van der Waals surface area (Å²) in [5, 5.41) is 2.72. The molecular weight excluding hydrogens is 416 g/mol. The lowest BCUT2D eigenvalue weighted by molar-refractivity contribution is -0.122. The molecule has 1 heterocycles. The largest absolute Gasteiger partial charge is 0.481 e. The number of aryl methyl sites for hydroxylation is 3. The van der Waals surface area contributed by atoms with Crippen LogP contribution in [0.25, 0.3) is 0 Å². The number of nitrogens with one attached hydrogen (secondary N) is 2. The Morgan fingerprint density at radius 3 is 2.19 bits per heavy atom. The van der Waals surface area contributed by atoms with Gasteiger partial charge in [-0.3, -0.25) is 4.79 Å². The van der Waals surface area contributed by atoms with E-state index in [1.54, 1.807) is 32.9 Å². The first-order valence-corrected chi connectivity index (χ1v) is 11.1. The number of hydrogen-bond acceptors (Lipinski definition) is 6. The molecule has 0 aliphatic heterocycles. The van der Waals surface area contributed by atoms with Crippen LogP contribution in [0.2, 0.25) is 0 Å². The molecule has 1 atom stereocenters. The molecule has 2 aromatic carbocycles. The van der Waals surface area contributed by atoms with Gasteiger partial charge in [0.15, 0.2) is 6.10 Å². The summed E-state index contributed by atoms with van der Waals surface area (Å²) in [7, 11) is -3.87. The van der Waals surface area contributed by atoms with E-state index in [1.807, 2.05) is 25.1 Å². The first-order valence-electron chi connectivity index (χ1n) is 9.62. The van der Waals surface area contributed by atoms with Crippen molar-refractivity contribution >= 4 is 27.6 Å². The summed E-state index contributed by atoms with van der Waals surface area (Å²) in [4.78, 5) is 20.6. The molecule has 0 bridgehead atoms. The molecule has 9 heteroatoms. The predicted molar refractivity (Wildman–Crippen MR) is 119 cm³/mol. The Bertz CT molecular complexity index is 1170. The van der Waals surface area contributed by atoms with Crippen molar-refractivity contribution < 1.29 is 17.9 Å².